The Labute approximate surface area is 159 Å². The highest BCUT2D eigenvalue weighted by Crippen LogP contribution is 2.25. The molecular formula is C21H27F3N3+. The van der Waals surface area contributed by atoms with Gasteiger partial charge in [0.2, 0.25) is 0 Å². The molecule has 2 N–H and O–H groups in total. The second-order valence-electron chi connectivity index (χ2n) is 6.13. The molecular weight excluding hydrogens is 351 g/mol. The maximum Gasteiger partial charge on any atom is 0.279 e. The zero-order valence-electron chi connectivity index (χ0n) is 16.2. The number of nitrogen functional groups attached to an aromatic ring is 1. The molecule has 0 saturated heterocycles. The Morgan fingerprint density at radius 1 is 1.07 bits per heavy atom. The fourth-order valence-electron chi connectivity index (χ4n) is 2.16. The van der Waals surface area contributed by atoms with Crippen LogP contribution in [0.25, 0.3) is 5.70 Å². The lowest BCUT2D eigenvalue weighted by Gasteiger charge is -2.05. The van der Waals surface area contributed by atoms with Gasteiger partial charge in [0.15, 0.2) is 0 Å². The fraction of sp³-hybridized carbons (Fsp3) is 0.286. The Kier molecular flexibility index (Phi) is 8.75. The van der Waals surface area contributed by atoms with E-state index in [1.807, 2.05) is 38.3 Å². The van der Waals surface area contributed by atoms with Crippen LogP contribution in [0.1, 0.15) is 43.4 Å². The standard InChI is InChI=1S/C14H20N2.C7H7F3N/c1-4-6-9-16-14(5-2)12-7-8-13(15)11(3)10-12;1-6-2-4-7(5-3-6)11(8,9)10/h5,7-10H,4,6,15H2,1-3H3;2-5H,1H3/q;+1/b14-5-,16-9?;. The molecule has 2 aromatic rings. The lowest BCUT2D eigenvalue weighted by Crippen LogP contribution is -2.16. The molecule has 6 heteroatoms. The topological polar surface area (TPSA) is 38.4 Å². The largest absolute Gasteiger partial charge is 0.399 e. The fourth-order valence-corrected chi connectivity index (χ4v) is 2.16. The van der Waals surface area contributed by atoms with Gasteiger partial charge >= 0.3 is 0 Å². The monoisotopic (exact) mass is 378 g/mol. The van der Waals surface area contributed by atoms with Crippen LogP contribution < -0.4 is 10.9 Å². The first-order chi connectivity index (χ1) is 12.7. The van der Waals surface area contributed by atoms with Crippen molar-refractivity contribution in [3.63, 3.8) is 0 Å². The smallest absolute Gasteiger partial charge is 0.279 e. The summed E-state index contributed by atoms with van der Waals surface area (Å²) in [5.74, 6) is 0. The molecule has 0 atom stereocenters. The maximum absolute atomic E-state index is 11.9. The summed E-state index contributed by atoms with van der Waals surface area (Å²) in [6, 6.07) is 11.0. The molecule has 2 aromatic carbocycles. The minimum absolute atomic E-state index is 0.657. The van der Waals surface area contributed by atoms with Crippen molar-refractivity contribution >= 4 is 23.3 Å². The summed E-state index contributed by atoms with van der Waals surface area (Å²) in [4.78, 5) is 4.47. The van der Waals surface area contributed by atoms with Gasteiger partial charge in [0.1, 0.15) is 0 Å². The molecule has 146 valence electrons. The van der Waals surface area contributed by atoms with E-state index in [4.69, 9.17) is 5.73 Å². The molecule has 0 amide bonds. The van der Waals surface area contributed by atoms with Crippen molar-refractivity contribution in [1.29, 1.82) is 0 Å². The normalized spacial score (nSPS) is 12.0. The number of rotatable bonds is 5. The van der Waals surface area contributed by atoms with Crippen LogP contribution in [0.4, 0.5) is 24.8 Å². The number of anilines is 1. The predicted octanol–water partition coefficient (Wildman–Crippen LogP) is 6.76. The molecule has 27 heavy (non-hydrogen) atoms. The van der Waals surface area contributed by atoms with Gasteiger partial charge < -0.3 is 5.73 Å². The number of aliphatic imine (C=N–C) groups is 1. The van der Waals surface area contributed by atoms with Crippen molar-refractivity contribution in [3.05, 3.63) is 65.2 Å². The van der Waals surface area contributed by atoms with E-state index in [0.717, 1.165) is 53.0 Å². The van der Waals surface area contributed by atoms with Gasteiger partial charge in [-0.3, -0.25) is 4.99 Å². The zero-order chi connectivity index (χ0) is 20.4. The SMILES string of the molecule is C/C=C(\N=CCCC)c1ccc(N)c(C)c1.Cc1ccc([N+](F)(F)F)cc1. The summed E-state index contributed by atoms with van der Waals surface area (Å²) < 4.78 is 35.6. The number of hydrogen-bond donors (Lipinski definition) is 1. The molecule has 3 nitrogen and oxygen atoms in total. The van der Waals surface area contributed by atoms with Crippen LogP contribution in [-0.2, 0) is 0 Å². The molecule has 0 saturated carbocycles. The summed E-state index contributed by atoms with van der Waals surface area (Å²) in [5.41, 5.74) is 10.0. The van der Waals surface area contributed by atoms with Crippen molar-refractivity contribution in [3.8, 4) is 0 Å². The number of halogens is 3. The third-order valence-corrected chi connectivity index (χ3v) is 3.81. The van der Waals surface area contributed by atoms with E-state index in [-0.39, 0.29) is 0 Å². The molecule has 0 aliphatic heterocycles. The van der Waals surface area contributed by atoms with E-state index >= 15 is 0 Å². The Balaban J connectivity index is 0.000000289. The molecule has 0 fully saturated rings. The molecule has 0 aliphatic carbocycles. The summed E-state index contributed by atoms with van der Waals surface area (Å²) in [7, 11) is 0. The van der Waals surface area contributed by atoms with Gasteiger partial charge in [-0.25, -0.2) is 0 Å². The lowest BCUT2D eigenvalue weighted by molar-refractivity contribution is -0.279. The third-order valence-electron chi connectivity index (χ3n) is 3.81. The van der Waals surface area contributed by atoms with Crippen molar-refractivity contribution in [2.45, 2.75) is 40.5 Å². The van der Waals surface area contributed by atoms with Crippen LogP contribution in [0.2, 0.25) is 0 Å². The highest BCUT2D eigenvalue weighted by molar-refractivity contribution is 5.74. The van der Waals surface area contributed by atoms with Crippen LogP contribution in [-0.4, -0.2) is 6.21 Å². The minimum Gasteiger partial charge on any atom is -0.399 e. The van der Waals surface area contributed by atoms with Crippen LogP contribution in [0, 0.1) is 13.8 Å². The Bertz CT molecular complexity index is 776. The molecule has 2 rings (SSSR count). The quantitative estimate of drug-likeness (QED) is 0.348. The summed E-state index contributed by atoms with van der Waals surface area (Å²) in [6.45, 7) is 7.91. The van der Waals surface area contributed by atoms with E-state index in [1.165, 1.54) is 12.1 Å². The first-order valence-corrected chi connectivity index (χ1v) is 8.79. The number of nitrogens with two attached hydrogens (primary N) is 1. The van der Waals surface area contributed by atoms with Crippen molar-refractivity contribution in [2.75, 3.05) is 5.73 Å². The summed E-state index contributed by atoms with van der Waals surface area (Å²) in [5, 5.41) is -3.61. The number of benzene rings is 2. The number of nitrogens with zero attached hydrogens (tertiary/aromatic N) is 2. The van der Waals surface area contributed by atoms with Crippen LogP contribution >= 0.6 is 0 Å². The van der Waals surface area contributed by atoms with Crippen LogP contribution in [0.3, 0.4) is 0 Å². The second-order valence-corrected chi connectivity index (χ2v) is 6.13. The minimum atomic E-state index is -3.61. The van der Waals surface area contributed by atoms with Crippen molar-refractivity contribution in [2.24, 2.45) is 4.99 Å². The number of allylic oxidation sites excluding steroid dienone is 1. The predicted molar refractivity (Wildman–Crippen MR) is 109 cm³/mol. The summed E-state index contributed by atoms with van der Waals surface area (Å²) in [6.07, 6.45) is 6.14. The Hall–Kier alpha value is -2.60. The third kappa shape index (κ3) is 7.66. The van der Waals surface area contributed by atoms with Crippen LogP contribution in [0.5, 0.6) is 0 Å². The van der Waals surface area contributed by atoms with Gasteiger partial charge in [0.05, 0.1) is 19.1 Å². The summed E-state index contributed by atoms with van der Waals surface area (Å²) >= 11 is 0. The first-order valence-electron chi connectivity index (χ1n) is 8.79. The number of quaternary nitrogens is 1. The molecule has 0 radical (unpaired) electrons. The molecule has 0 aromatic heterocycles. The van der Waals surface area contributed by atoms with Gasteiger partial charge in [-0.15, -0.1) is 0 Å². The lowest BCUT2D eigenvalue weighted by atomic mass is 10.1. The van der Waals surface area contributed by atoms with Gasteiger partial charge in [0.25, 0.3) is 10.8 Å². The average Bonchev–Trinajstić information content (AvgIpc) is 2.61. The van der Waals surface area contributed by atoms with E-state index in [0.29, 0.717) is 0 Å². The Morgan fingerprint density at radius 3 is 2.19 bits per heavy atom. The molecule has 0 heterocycles. The van der Waals surface area contributed by atoms with Crippen molar-refractivity contribution < 1.29 is 13.4 Å². The number of aryl methyl sites for hydroxylation is 2. The first kappa shape index (κ1) is 22.4. The van der Waals surface area contributed by atoms with E-state index in [2.05, 4.69) is 18.0 Å². The molecule has 0 unspecified atom stereocenters. The highest BCUT2D eigenvalue weighted by atomic mass is 19.6. The number of unbranched alkanes of at least 4 members (excludes halogenated alkanes) is 1. The highest BCUT2D eigenvalue weighted by Gasteiger charge is 2.34. The van der Waals surface area contributed by atoms with Gasteiger partial charge in [0, 0.05) is 29.6 Å². The molecule has 0 spiro atoms. The van der Waals surface area contributed by atoms with Crippen molar-refractivity contribution in [1.82, 2.24) is 5.15 Å². The van der Waals surface area contributed by atoms with E-state index in [9.17, 15) is 13.4 Å². The Morgan fingerprint density at radius 2 is 1.70 bits per heavy atom. The van der Waals surface area contributed by atoms with Gasteiger partial charge in [-0.2, -0.15) is 0 Å². The molecule has 0 bridgehead atoms. The van der Waals surface area contributed by atoms with E-state index in [1.54, 1.807) is 6.92 Å². The zero-order valence-corrected chi connectivity index (χ0v) is 16.2. The van der Waals surface area contributed by atoms with Crippen LogP contribution in [0.15, 0.2) is 53.5 Å². The second kappa shape index (κ2) is 10.5. The van der Waals surface area contributed by atoms with E-state index < -0.39 is 10.8 Å². The average molecular weight is 378 g/mol. The van der Waals surface area contributed by atoms with Gasteiger partial charge in [-0.05, 0) is 44.9 Å². The van der Waals surface area contributed by atoms with Gasteiger partial charge in [-0.1, -0.05) is 43.2 Å². The molecule has 0 aliphatic rings. The maximum atomic E-state index is 11.9. The number of hydrogen-bond acceptors (Lipinski definition) is 2.